The van der Waals surface area contributed by atoms with Crippen molar-refractivity contribution in [2.75, 3.05) is 18.2 Å². The Morgan fingerprint density at radius 1 is 1.44 bits per heavy atom. The third kappa shape index (κ3) is 3.29. The molecule has 0 amide bonds. The number of hydrogen-bond donors (Lipinski definition) is 2. The number of nitrogen functional groups attached to an aromatic ring is 1. The molecule has 0 radical (unpaired) electrons. The predicted octanol–water partition coefficient (Wildman–Crippen LogP) is 2.66. The fraction of sp³-hybridized carbons (Fsp3) is 0.583. The van der Waals surface area contributed by atoms with Crippen LogP contribution in [0.3, 0.4) is 0 Å². The molecule has 0 fully saturated rings. The van der Waals surface area contributed by atoms with E-state index in [-0.39, 0.29) is 5.54 Å². The number of nitrogens with zero attached hydrogens (tertiary/aromatic N) is 1. The number of methoxy groups -OCH3 is 1. The van der Waals surface area contributed by atoms with Crippen molar-refractivity contribution in [3.8, 4) is 5.88 Å². The standard InChI is InChI=1S/C12H21N3O/c1-5-8-12(2,3)15-10-7-6-9(13)11(14-10)16-4/h6-7H,5,8,13H2,1-4H3,(H,14,15). The Balaban J connectivity index is 2.81. The highest BCUT2D eigenvalue weighted by molar-refractivity contribution is 5.54. The van der Waals surface area contributed by atoms with Crippen molar-refractivity contribution in [3.63, 3.8) is 0 Å². The van der Waals surface area contributed by atoms with E-state index in [1.807, 2.05) is 6.07 Å². The molecule has 4 heteroatoms. The average Bonchev–Trinajstić information content (AvgIpc) is 2.20. The minimum atomic E-state index is 0.0306. The normalized spacial score (nSPS) is 11.2. The molecular weight excluding hydrogens is 202 g/mol. The Labute approximate surface area is 97.2 Å². The average molecular weight is 223 g/mol. The zero-order chi connectivity index (χ0) is 12.2. The molecule has 0 spiro atoms. The maximum absolute atomic E-state index is 5.71. The van der Waals surface area contributed by atoms with Crippen LogP contribution in [0.15, 0.2) is 12.1 Å². The van der Waals surface area contributed by atoms with E-state index in [1.54, 1.807) is 13.2 Å². The second-order valence-corrected chi connectivity index (χ2v) is 4.55. The summed E-state index contributed by atoms with van der Waals surface area (Å²) < 4.78 is 5.08. The van der Waals surface area contributed by atoms with Gasteiger partial charge in [-0.3, -0.25) is 0 Å². The zero-order valence-electron chi connectivity index (χ0n) is 10.5. The fourth-order valence-corrected chi connectivity index (χ4v) is 1.72. The summed E-state index contributed by atoms with van der Waals surface area (Å²) in [4.78, 5) is 4.30. The summed E-state index contributed by atoms with van der Waals surface area (Å²) in [6.45, 7) is 6.47. The molecule has 4 nitrogen and oxygen atoms in total. The molecule has 0 atom stereocenters. The van der Waals surface area contributed by atoms with Gasteiger partial charge in [0.15, 0.2) is 0 Å². The van der Waals surface area contributed by atoms with Gasteiger partial charge >= 0.3 is 0 Å². The van der Waals surface area contributed by atoms with Crippen LogP contribution in [0.5, 0.6) is 5.88 Å². The Hall–Kier alpha value is -1.45. The second kappa shape index (κ2) is 5.05. The van der Waals surface area contributed by atoms with Gasteiger partial charge in [0.25, 0.3) is 0 Å². The van der Waals surface area contributed by atoms with Gasteiger partial charge in [0, 0.05) is 5.54 Å². The monoisotopic (exact) mass is 223 g/mol. The van der Waals surface area contributed by atoms with E-state index in [0.29, 0.717) is 11.6 Å². The zero-order valence-corrected chi connectivity index (χ0v) is 10.5. The summed E-state index contributed by atoms with van der Waals surface area (Å²) in [5, 5.41) is 3.37. The molecule has 0 aromatic carbocycles. The van der Waals surface area contributed by atoms with Gasteiger partial charge in [-0.15, -0.1) is 0 Å². The van der Waals surface area contributed by atoms with Gasteiger partial charge < -0.3 is 15.8 Å². The Bertz CT molecular complexity index is 350. The molecule has 1 aromatic heterocycles. The van der Waals surface area contributed by atoms with E-state index < -0.39 is 0 Å². The third-order valence-electron chi connectivity index (χ3n) is 2.42. The van der Waals surface area contributed by atoms with E-state index in [2.05, 4.69) is 31.1 Å². The van der Waals surface area contributed by atoms with Crippen molar-refractivity contribution in [2.45, 2.75) is 39.2 Å². The summed E-state index contributed by atoms with van der Waals surface area (Å²) in [6.07, 6.45) is 2.22. The van der Waals surface area contributed by atoms with E-state index in [0.717, 1.165) is 18.7 Å². The van der Waals surface area contributed by atoms with Crippen LogP contribution < -0.4 is 15.8 Å². The van der Waals surface area contributed by atoms with Crippen LogP contribution in [-0.2, 0) is 0 Å². The first-order chi connectivity index (χ1) is 7.48. The molecule has 0 aliphatic rings. The number of ether oxygens (including phenoxy) is 1. The molecule has 0 saturated carbocycles. The van der Waals surface area contributed by atoms with Gasteiger partial charge in [-0.05, 0) is 32.4 Å². The molecule has 0 bridgehead atoms. The maximum atomic E-state index is 5.71. The highest BCUT2D eigenvalue weighted by Crippen LogP contribution is 2.23. The van der Waals surface area contributed by atoms with Crippen LogP contribution in [0, 0.1) is 0 Å². The number of aromatic nitrogens is 1. The maximum Gasteiger partial charge on any atom is 0.238 e. The van der Waals surface area contributed by atoms with Crippen molar-refractivity contribution in [1.82, 2.24) is 4.98 Å². The van der Waals surface area contributed by atoms with E-state index in [4.69, 9.17) is 10.5 Å². The first-order valence-corrected chi connectivity index (χ1v) is 5.57. The third-order valence-corrected chi connectivity index (χ3v) is 2.42. The summed E-state index contributed by atoms with van der Waals surface area (Å²) in [5.41, 5.74) is 6.29. The van der Waals surface area contributed by atoms with Gasteiger partial charge in [0.1, 0.15) is 5.82 Å². The minimum absolute atomic E-state index is 0.0306. The number of pyridine rings is 1. The summed E-state index contributed by atoms with van der Waals surface area (Å²) >= 11 is 0. The van der Waals surface area contributed by atoms with Crippen molar-refractivity contribution in [3.05, 3.63) is 12.1 Å². The smallest absolute Gasteiger partial charge is 0.238 e. The predicted molar refractivity (Wildman–Crippen MR) is 67.8 cm³/mol. The van der Waals surface area contributed by atoms with Crippen molar-refractivity contribution >= 4 is 11.5 Å². The molecule has 0 aliphatic heterocycles. The Morgan fingerprint density at radius 2 is 2.12 bits per heavy atom. The molecule has 16 heavy (non-hydrogen) atoms. The quantitative estimate of drug-likeness (QED) is 0.805. The highest BCUT2D eigenvalue weighted by atomic mass is 16.5. The Kier molecular flexibility index (Phi) is 3.99. The SMILES string of the molecule is CCCC(C)(C)Nc1ccc(N)c(OC)n1. The van der Waals surface area contributed by atoms with Crippen LogP contribution in [-0.4, -0.2) is 17.6 Å². The topological polar surface area (TPSA) is 60.2 Å². The molecule has 1 aromatic rings. The summed E-state index contributed by atoms with van der Waals surface area (Å²) in [6, 6.07) is 3.67. The first-order valence-electron chi connectivity index (χ1n) is 5.57. The number of nitrogens with two attached hydrogens (primary N) is 1. The van der Waals surface area contributed by atoms with E-state index >= 15 is 0 Å². The molecule has 1 heterocycles. The highest BCUT2D eigenvalue weighted by Gasteiger charge is 2.17. The lowest BCUT2D eigenvalue weighted by atomic mass is 9.99. The van der Waals surface area contributed by atoms with E-state index in [9.17, 15) is 0 Å². The molecule has 0 saturated heterocycles. The molecule has 3 N–H and O–H groups in total. The van der Waals surface area contributed by atoms with Gasteiger partial charge in [-0.25, -0.2) is 0 Å². The largest absolute Gasteiger partial charge is 0.479 e. The summed E-state index contributed by atoms with van der Waals surface area (Å²) in [5.74, 6) is 1.27. The fourth-order valence-electron chi connectivity index (χ4n) is 1.72. The second-order valence-electron chi connectivity index (χ2n) is 4.55. The number of anilines is 2. The van der Waals surface area contributed by atoms with Crippen LogP contribution >= 0.6 is 0 Å². The number of hydrogen-bond acceptors (Lipinski definition) is 4. The molecule has 0 aliphatic carbocycles. The minimum Gasteiger partial charge on any atom is -0.479 e. The number of nitrogens with one attached hydrogen (secondary N) is 1. The summed E-state index contributed by atoms with van der Waals surface area (Å²) in [7, 11) is 1.57. The van der Waals surface area contributed by atoms with Gasteiger partial charge in [0.05, 0.1) is 12.8 Å². The van der Waals surface area contributed by atoms with Crippen molar-refractivity contribution in [1.29, 1.82) is 0 Å². The van der Waals surface area contributed by atoms with Crippen LogP contribution in [0.2, 0.25) is 0 Å². The van der Waals surface area contributed by atoms with Gasteiger partial charge in [-0.1, -0.05) is 13.3 Å². The van der Waals surface area contributed by atoms with E-state index in [1.165, 1.54) is 0 Å². The van der Waals surface area contributed by atoms with Crippen molar-refractivity contribution < 1.29 is 4.74 Å². The lowest BCUT2D eigenvalue weighted by Crippen LogP contribution is -2.30. The lowest BCUT2D eigenvalue weighted by molar-refractivity contribution is 0.400. The number of rotatable bonds is 5. The molecule has 1 rings (SSSR count). The van der Waals surface area contributed by atoms with Gasteiger partial charge in [0.2, 0.25) is 5.88 Å². The molecular formula is C12H21N3O. The van der Waals surface area contributed by atoms with Crippen LogP contribution in [0.4, 0.5) is 11.5 Å². The van der Waals surface area contributed by atoms with Crippen LogP contribution in [0.25, 0.3) is 0 Å². The van der Waals surface area contributed by atoms with Gasteiger partial charge in [-0.2, -0.15) is 4.98 Å². The molecule has 0 unspecified atom stereocenters. The molecule has 90 valence electrons. The van der Waals surface area contributed by atoms with Crippen LogP contribution in [0.1, 0.15) is 33.6 Å². The van der Waals surface area contributed by atoms with Crippen molar-refractivity contribution in [2.24, 2.45) is 0 Å². The lowest BCUT2D eigenvalue weighted by Gasteiger charge is -2.26. The first kappa shape index (κ1) is 12.6. The Morgan fingerprint density at radius 3 is 2.69 bits per heavy atom.